The Labute approximate surface area is 188 Å². The summed E-state index contributed by atoms with van der Waals surface area (Å²) in [6.07, 6.45) is 2.42. The summed E-state index contributed by atoms with van der Waals surface area (Å²) in [6, 6.07) is 11.3. The quantitative estimate of drug-likeness (QED) is 0.659. The number of rotatable bonds is 6. The molecule has 2 aliphatic heterocycles. The molecule has 4 rings (SSSR count). The first-order valence-electron chi connectivity index (χ1n) is 10.8. The summed E-state index contributed by atoms with van der Waals surface area (Å²) in [5, 5.41) is 0. The van der Waals surface area contributed by atoms with E-state index in [1.165, 1.54) is 23.5 Å². The molecule has 32 heavy (non-hydrogen) atoms. The van der Waals surface area contributed by atoms with E-state index >= 15 is 0 Å². The van der Waals surface area contributed by atoms with Gasteiger partial charge in [0.05, 0.1) is 17.2 Å². The van der Waals surface area contributed by atoms with Crippen LogP contribution in [0, 0.1) is 0 Å². The van der Waals surface area contributed by atoms with E-state index < -0.39 is 16.1 Å². The number of sulfonamides is 1. The van der Waals surface area contributed by atoms with Gasteiger partial charge in [0.2, 0.25) is 6.10 Å². The van der Waals surface area contributed by atoms with Gasteiger partial charge in [-0.15, -0.1) is 0 Å². The van der Waals surface area contributed by atoms with Gasteiger partial charge in [-0.3, -0.25) is 9.10 Å². The van der Waals surface area contributed by atoms with Crippen LogP contribution in [0.25, 0.3) is 0 Å². The Morgan fingerprint density at radius 3 is 2.50 bits per heavy atom. The van der Waals surface area contributed by atoms with Crippen LogP contribution in [-0.2, 0) is 14.8 Å². The maximum absolute atomic E-state index is 13.1. The lowest BCUT2D eigenvalue weighted by Gasteiger charge is -2.32. The van der Waals surface area contributed by atoms with Crippen LogP contribution >= 0.6 is 0 Å². The summed E-state index contributed by atoms with van der Waals surface area (Å²) in [7, 11) is -2.32. The first kappa shape index (κ1) is 22.3. The average molecular weight is 461 g/mol. The molecule has 1 atom stereocenters. The van der Waals surface area contributed by atoms with Crippen molar-refractivity contribution in [3.8, 4) is 17.2 Å². The van der Waals surface area contributed by atoms with Crippen LogP contribution in [0.15, 0.2) is 47.4 Å². The smallest absolute Gasteiger partial charge is 0.267 e. The third-order valence-electron chi connectivity index (χ3n) is 5.69. The number of ether oxygens (including phenoxy) is 3. The Bertz CT molecular complexity index is 1060. The Morgan fingerprint density at radius 1 is 1.09 bits per heavy atom. The van der Waals surface area contributed by atoms with E-state index in [4.69, 9.17) is 14.2 Å². The topological polar surface area (TPSA) is 85.4 Å². The zero-order chi connectivity index (χ0) is 22.7. The summed E-state index contributed by atoms with van der Waals surface area (Å²) in [6.45, 7) is 3.95. The van der Waals surface area contributed by atoms with Crippen LogP contribution in [0.4, 0.5) is 5.69 Å². The monoisotopic (exact) mass is 460 g/mol. The van der Waals surface area contributed by atoms with Gasteiger partial charge >= 0.3 is 0 Å². The molecule has 8 nitrogen and oxygen atoms in total. The lowest BCUT2D eigenvalue weighted by Crippen LogP contribution is -2.48. The lowest BCUT2D eigenvalue weighted by atomic mass is 10.1. The summed E-state index contributed by atoms with van der Waals surface area (Å²) < 4.78 is 44.5. The van der Waals surface area contributed by atoms with Crippen LogP contribution in [0.3, 0.4) is 0 Å². The van der Waals surface area contributed by atoms with Gasteiger partial charge in [0.25, 0.3) is 15.9 Å². The number of benzene rings is 2. The molecule has 0 spiro atoms. The highest BCUT2D eigenvalue weighted by Gasteiger charge is 2.33. The number of likely N-dealkylation sites (tertiary alicyclic amines) is 1. The molecule has 0 saturated carbocycles. The van der Waals surface area contributed by atoms with Crippen molar-refractivity contribution in [1.29, 1.82) is 0 Å². The van der Waals surface area contributed by atoms with Crippen molar-refractivity contribution in [2.75, 3.05) is 37.7 Å². The molecule has 0 radical (unpaired) electrons. The fourth-order valence-electron chi connectivity index (χ4n) is 3.87. The number of amides is 1. The van der Waals surface area contributed by atoms with E-state index in [2.05, 4.69) is 0 Å². The van der Waals surface area contributed by atoms with Gasteiger partial charge in [0.15, 0.2) is 11.5 Å². The van der Waals surface area contributed by atoms with Gasteiger partial charge in [-0.1, -0.05) is 0 Å². The number of hydrogen-bond acceptors (Lipinski definition) is 6. The van der Waals surface area contributed by atoms with Crippen molar-refractivity contribution in [3.63, 3.8) is 0 Å². The lowest BCUT2D eigenvalue weighted by molar-refractivity contribution is -0.142. The highest BCUT2D eigenvalue weighted by atomic mass is 32.2. The molecule has 0 N–H and O–H groups in total. The van der Waals surface area contributed by atoms with Crippen molar-refractivity contribution >= 4 is 21.6 Å². The van der Waals surface area contributed by atoms with Gasteiger partial charge in [-0.25, -0.2) is 8.42 Å². The van der Waals surface area contributed by atoms with E-state index in [-0.39, 0.29) is 17.4 Å². The van der Waals surface area contributed by atoms with Crippen molar-refractivity contribution in [2.24, 2.45) is 0 Å². The molecule has 9 heteroatoms. The number of carbonyl (C=O) groups excluding carboxylic acids is 1. The molecule has 172 valence electrons. The summed E-state index contributed by atoms with van der Waals surface area (Å²) in [4.78, 5) is 14.6. The normalized spacial score (nSPS) is 18.2. The summed E-state index contributed by atoms with van der Waals surface area (Å²) in [5.74, 6) is 1.28. The maximum Gasteiger partial charge on any atom is 0.267 e. The van der Waals surface area contributed by atoms with Crippen LogP contribution in [-0.4, -0.2) is 58.7 Å². The molecular formula is C23H28N2O6S. The van der Waals surface area contributed by atoms with Crippen molar-refractivity contribution in [1.82, 2.24) is 4.90 Å². The zero-order valence-electron chi connectivity index (χ0n) is 18.3. The molecule has 0 bridgehead atoms. The molecule has 1 saturated heterocycles. The van der Waals surface area contributed by atoms with E-state index in [9.17, 15) is 13.2 Å². The Hall–Kier alpha value is -2.94. The van der Waals surface area contributed by atoms with E-state index in [0.717, 1.165) is 32.4 Å². The molecule has 2 heterocycles. The fraction of sp³-hybridized carbons (Fsp3) is 0.435. The molecule has 2 aromatic rings. The SMILES string of the molecule is CCOc1ccc(N(C)S(=O)(=O)c2ccc3c(c2)OC[C@@H](C(=O)N2CCCCC2)O3)cc1. The van der Waals surface area contributed by atoms with Crippen molar-refractivity contribution in [3.05, 3.63) is 42.5 Å². The third kappa shape index (κ3) is 4.48. The second kappa shape index (κ2) is 9.28. The molecule has 1 fully saturated rings. The largest absolute Gasteiger partial charge is 0.494 e. The molecule has 2 aliphatic rings. The standard InChI is InChI=1S/C23H28N2O6S/c1-3-29-18-9-7-17(8-10-18)24(2)32(27,28)19-11-12-20-21(15-19)30-16-22(31-20)23(26)25-13-5-4-6-14-25/h7-12,15,22H,3-6,13-14,16H2,1-2H3/t22-/m0/s1. The molecule has 0 unspecified atom stereocenters. The van der Waals surface area contributed by atoms with E-state index in [1.807, 2.05) is 11.8 Å². The number of nitrogens with zero attached hydrogens (tertiary/aromatic N) is 2. The maximum atomic E-state index is 13.1. The second-order valence-electron chi connectivity index (χ2n) is 7.81. The van der Waals surface area contributed by atoms with Crippen molar-refractivity contribution in [2.45, 2.75) is 37.2 Å². The molecule has 0 aliphatic carbocycles. The molecule has 1 amide bonds. The van der Waals surface area contributed by atoms with Gasteiger partial charge in [0.1, 0.15) is 12.4 Å². The fourth-order valence-corrected chi connectivity index (χ4v) is 5.08. The van der Waals surface area contributed by atoms with E-state index in [1.54, 1.807) is 30.3 Å². The van der Waals surface area contributed by atoms with Crippen LogP contribution in [0.2, 0.25) is 0 Å². The predicted octanol–water partition coefficient (Wildman–Crippen LogP) is 3.06. The van der Waals surface area contributed by atoms with Crippen LogP contribution < -0.4 is 18.5 Å². The minimum absolute atomic E-state index is 0.0561. The Balaban J connectivity index is 1.49. The zero-order valence-corrected chi connectivity index (χ0v) is 19.1. The average Bonchev–Trinajstić information content (AvgIpc) is 2.83. The summed E-state index contributed by atoms with van der Waals surface area (Å²) >= 11 is 0. The Kier molecular flexibility index (Phi) is 6.45. The highest BCUT2D eigenvalue weighted by Crippen LogP contribution is 2.36. The number of fused-ring (bicyclic) bond motifs is 1. The van der Waals surface area contributed by atoms with Gasteiger partial charge < -0.3 is 19.1 Å². The van der Waals surface area contributed by atoms with Crippen LogP contribution in [0.5, 0.6) is 17.2 Å². The first-order chi connectivity index (χ1) is 15.4. The molecular weight excluding hydrogens is 432 g/mol. The number of hydrogen-bond donors (Lipinski definition) is 0. The van der Waals surface area contributed by atoms with Crippen LogP contribution in [0.1, 0.15) is 26.2 Å². The first-order valence-corrected chi connectivity index (χ1v) is 12.3. The summed E-state index contributed by atoms with van der Waals surface area (Å²) in [5.41, 5.74) is 0.510. The second-order valence-corrected chi connectivity index (χ2v) is 9.78. The van der Waals surface area contributed by atoms with Gasteiger partial charge in [-0.2, -0.15) is 0 Å². The predicted molar refractivity (Wildman–Crippen MR) is 120 cm³/mol. The number of anilines is 1. The number of piperidine rings is 1. The van der Waals surface area contributed by atoms with Gasteiger partial charge in [0, 0.05) is 26.2 Å². The molecule has 0 aromatic heterocycles. The third-order valence-corrected chi connectivity index (χ3v) is 7.47. The molecule has 2 aromatic carbocycles. The minimum Gasteiger partial charge on any atom is -0.494 e. The Morgan fingerprint density at radius 2 is 1.81 bits per heavy atom. The van der Waals surface area contributed by atoms with Crippen molar-refractivity contribution < 1.29 is 27.4 Å². The number of carbonyl (C=O) groups is 1. The minimum atomic E-state index is -3.82. The van der Waals surface area contributed by atoms with E-state index in [0.29, 0.717) is 29.5 Å². The van der Waals surface area contributed by atoms with Gasteiger partial charge in [-0.05, 0) is 62.6 Å². The highest BCUT2D eigenvalue weighted by molar-refractivity contribution is 7.92.